The summed E-state index contributed by atoms with van der Waals surface area (Å²) in [7, 11) is 0.711. The summed E-state index contributed by atoms with van der Waals surface area (Å²) < 4.78 is 62.5. The molecule has 2 aromatic carbocycles. The third kappa shape index (κ3) is 8.39. The Labute approximate surface area is 239 Å². The topological polar surface area (TPSA) is 112 Å². The number of methoxy groups -OCH3 is 1. The molecule has 3 rings (SSSR count). The zero-order valence-corrected chi connectivity index (χ0v) is 24.6. The molecule has 218 valence electrons. The lowest BCUT2D eigenvalue weighted by molar-refractivity contribution is -0.143. The molecule has 12 heteroatoms. The average Bonchev–Trinajstić information content (AvgIpc) is 3.18. The standard InChI is InChI=1S/C28H36F2N4O4S2/c1-34(2)15-12-22(19-39-23-10-8-21(29)9-11-23)32-26-20(18-31)16-24(17-25(26)30)40(36,37)33-27(35)28(38-3)13-6-4-5-7-14-28/h8-11,16-17,22,32H,4-7,12-15,19H2,1-3H3,(H,33,35)/t22-/m1/s1. The summed E-state index contributed by atoms with van der Waals surface area (Å²) in [6.45, 7) is 0.672. The van der Waals surface area contributed by atoms with Gasteiger partial charge in [0.15, 0.2) is 0 Å². The summed E-state index contributed by atoms with van der Waals surface area (Å²) in [6.07, 6.45) is 4.67. The number of benzene rings is 2. The van der Waals surface area contributed by atoms with Crippen LogP contribution in [0.1, 0.15) is 50.5 Å². The molecular weight excluding hydrogens is 558 g/mol. The summed E-state index contributed by atoms with van der Waals surface area (Å²) in [5.74, 6) is -1.58. The first kappa shape index (κ1) is 31.8. The number of nitrogens with one attached hydrogen (secondary N) is 2. The summed E-state index contributed by atoms with van der Waals surface area (Å²) in [6, 6.07) is 9.48. The van der Waals surface area contributed by atoms with Crippen LogP contribution >= 0.6 is 11.8 Å². The fourth-order valence-electron chi connectivity index (χ4n) is 4.61. The lowest BCUT2D eigenvalue weighted by Gasteiger charge is -2.29. The maximum Gasteiger partial charge on any atom is 0.265 e. The van der Waals surface area contributed by atoms with Gasteiger partial charge in [-0.1, -0.05) is 25.7 Å². The molecule has 2 aromatic rings. The largest absolute Gasteiger partial charge is 0.378 e. The number of sulfonamides is 1. The smallest absolute Gasteiger partial charge is 0.265 e. The van der Waals surface area contributed by atoms with Crippen molar-refractivity contribution in [3.05, 3.63) is 53.6 Å². The van der Waals surface area contributed by atoms with Crippen molar-refractivity contribution in [2.45, 2.75) is 66.4 Å². The second-order valence-corrected chi connectivity index (χ2v) is 13.0. The number of amides is 1. The van der Waals surface area contributed by atoms with Gasteiger partial charge in [-0.2, -0.15) is 5.26 Å². The summed E-state index contributed by atoms with van der Waals surface area (Å²) in [5, 5.41) is 12.9. The van der Waals surface area contributed by atoms with E-state index in [9.17, 15) is 22.9 Å². The fourth-order valence-corrected chi connectivity index (χ4v) is 6.66. The zero-order chi connectivity index (χ0) is 29.3. The number of ether oxygens (including phenoxy) is 1. The highest BCUT2D eigenvalue weighted by Crippen LogP contribution is 2.32. The highest BCUT2D eigenvalue weighted by Gasteiger charge is 2.41. The third-order valence-electron chi connectivity index (χ3n) is 6.98. The molecule has 1 aliphatic rings. The van der Waals surface area contributed by atoms with E-state index in [0.29, 0.717) is 31.6 Å². The van der Waals surface area contributed by atoms with Crippen LogP contribution in [0.3, 0.4) is 0 Å². The molecule has 1 amide bonds. The third-order valence-corrected chi connectivity index (χ3v) is 9.46. The molecule has 0 heterocycles. The van der Waals surface area contributed by atoms with Crippen LogP contribution in [0, 0.1) is 23.0 Å². The van der Waals surface area contributed by atoms with Crippen LogP contribution in [0.25, 0.3) is 0 Å². The molecule has 40 heavy (non-hydrogen) atoms. The first-order valence-corrected chi connectivity index (χ1v) is 15.6. The molecule has 1 aliphatic carbocycles. The summed E-state index contributed by atoms with van der Waals surface area (Å²) in [4.78, 5) is 15.3. The predicted molar refractivity (Wildman–Crippen MR) is 152 cm³/mol. The molecule has 2 N–H and O–H groups in total. The Kier molecular flexibility index (Phi) is 11.3. The monoisotopic (exact) mass is 594 g/mol. The Morgan fingerprint density at radius 2 is 1.80 bits per heavy atom. The Morgan fingerprint density at radius 1 is 1.15 bits per heavy atom. The molecule has 1 atom stereocenters. The molecule has 8 nitrogen and oxygen atoms in total. The van der Waals surface area contributed by atoms with Crippen LogP contribution in [0.2, 0.25) is 0 Å². The maximum atomic E-state index is 15.4. The number of carbonyl (C=O) groups is 1. The average molecular weight is 595 g/mol. The Hall–Kier alpha value is -2.72. The summed E-state index contributed by atoms with van der Waals surface area (Å²) in [5.41, 5.74) is -1.59. The van der Waals surface area contributed by atoms with E-state index in [0.717, 1.165) is 42.7 Å². The quantitative estimate of drug-likeness (QED) is 0.264. The van der Waals surface area contributed by atoms with Crippen molar-refractivity contribution in [2.75, 3.05) is 38.8 Å². The van der Waals surface area contributed by atoms with Crippen molar-refractivity contribution in [3.8, 4) is 6.07 Å². The number of hydrogen-bond acceptors (Lipinski definition) is 8. The van der Waals surface area contributed by atoms with Crippen LogP contribution in [0.4, 0.5) is 14.5 Å². The first-order chi connectivity index (χ1) is 19.0. The van der Waals surface area contributed by atoms with E-state index >= 15 is 4.39 Å². The van der Waals surface area contributed by atoms with E-state index in [4.69, 9.17) is 4.74 Å². The summed E-state index contributed by atoms with van der Waals surface area (Å²) >= 11 is 1.45. The highest BCUT2D eigenvalue weighted by atomic mass is 32.2. The van der Waals surface area contributed by atoms with E-state index in [1.54, 1.807) is 12.1 Å². The second-order valence-electron chi connectivity index (χ2n) is 10.2. The van der Waals surface area contributed by atoms with Crippen molar-refractivity contribution in [1.29, 1.82) is 5.26 Å². The lowest BCUT2D eigenvalue weighted by Crippen LogP contribution is -2.49. The van der Waals surface area contributed by atoms with Gasteiger partial charge < -0.3 is 15.0 Å². The van der Waals surface area contributed by atoms with Crippen molar-refractivity contribution in [1.82, 2.24) is 9.62 Å². The van der Waals surface area contributed by atoms with Gasteiger partial charge in [-0.3, -0.25) is 4.79 Å². The second kappa shape index (κ2) is 14.3. The molecule has 1 fully saturated rings. The van der Waals surface area contributed by atoms with Crippen molar-refractivity contribution < 1.29 is 26.7 Å². The number of nitrogens with zero attached hydrogens (tertiary/aromatic N) is 2. The molecule has 0 bridgehead atoms. The van der Waals surface area contributed by atoms with Gasteiger partial charge in [-0.05, 0) is 76.3 Å². The van der Waals surface area contributed by atoms with E-state index in [1.807, 2.05) is 25.1 Å². The number of thioether (sulfide) groups is 1. The van der Waals surface area contributed by atoms with Crippen LogP contribution in [0.15, 0.2) is 46.2 Å². The minimum Gasteiger partial charge on any atom is -0.378 e. The van der Waals surface area contributed by atoms with Crippen molar-refractivity contribution in [2.24, 2.45) is 0 Å². The number of anilines is 1. The van der Waals surface area contributed by atoms with E-state index in [-0.39, 0.29) is 23.1 Å². The van der Waals surface area contributed by atoms with Gasteiger partial charge in [0.2, 0.25) is 0 Å². The first-order valence-electron chi connectivity index (χ1n) is 13.2. The van der Waals surface area contributed by atoms with Crippen LogP contribution in [0.5, 0.6) is 0 Å². The van der Waals surface area contributed by atoms with Gasteiger partial charge in [0.1, 0.15) is 23.3 Å². The maximum absolute atomic E-state index is 15.4. The number of nitriles is 1. The molecule has 0 aromatic heterocycles. The van der Waals surface area contributed by atoms with Crippen molar-refractivity contribution in [3.63, 3.8) is 0 Å². The number of rotatable bonds is 12. The Morgan fingerprint density at radius 3 is 2.38 bits per heavy atom. The number of carbonyl (C=O) groups excluding carboxylic acids is 1. The van der Waals surface area contributed by atoms with Gasteiger partial charge in [-0.25, -0.2) is 21.9 Å². The molecule has 0 aliphatic heterocycles. The normalized spacial score (nSPS) is 16.1. The SMILES string of the molecule is COC1(C(=O)NS(=O)(=O)c2cc(F)c(N[C@H](CCN(C)C)CSc3ccc(F)cc3)c(C#N)c2)CCCCCC1. The van der Waals surface area contributed by atoms with Crippen LogP contribution in [-0.2, 0) is 19.6 Å². The van der Waals surface area contributed by atoms with Gasteiger partial charge in [0, 0.05) is 23.8 Å². The lowest BCUT2D eigenvalue weighted by atomic mass is 9.93. The minimum absolute atomic E-state index is 0.117. The number of halogens is 2. The number of hydrogen-bond donors (Lipinski definition) is 2. The van der Waals surface area contributed by atoms with Gasteiger partial charge in [-0.15, -0.1) is 11.8 Å². The van der Waals surface area contributed by atoms with Gasteiger partial charge in [0.05, 0.1) is 16.1 Å². The molecule has 0 radical (unpaired) electrons. The highest BCUT2D eigenvalue weighted by molar-refractivity contribution is 7.99. The van der Waals surface area contributed by atoms with Crippen molar-refractivity contribution >= 4 is 33.4 Å². The van der Waals surface area contributed by atoms with Crippen LogP contribution < -0.4 is 10.0 Å². The van der Waals surface area contributed by atoms with E-state index in [1.165, 1.54) is 31.0 Å². The molecule has 0 unspecified atom stereocenters. The molecule has 0 saturated heterocycles. The molecule has 0 spiro atoms. The zero-order valence-electron chi connectivity index (χ0n) is 23.0. The predicted octanol–water partition coefficient (Wildman–Crippen LogP) is 4.91. The molecular formula is C28H36F2N4O4S2. The van der Waals surface area contributed by atoms with Gasteiger partial charge >= 0.3 is 0 Å². The van der Waals surface area contributed by atoms with Crippen LogP contribution in [-0.4, -0.2) is 64.4 Å². The van der Waals surface area contributed by atoms with E-state index in [2.05, 4.69) is 10.0 Å². The fraction of sp³-hybridized carbons (Fsp3) is 0.500. The molecule has 1 saturated carbocycles. The Bertz CT molecular complexity index is 1310. The Balaban J connectivity index is 1.83. The van der Waals surface area contributed by atoms with Gasteiger partial charge in [0.25, 0.3) is 15.9 Å². The minimum atomic E-state index is -4.48. The van der Waals surface area contributed by atoms with E-state index < -0.39 is 32.2 Å².